The van der Waals surface area contributed by atoms with Crippen molar-refractivity contribution in [3.63, 3.8) is 0 Å². The molecular formula is C10H12. The molecule has 0 saturated carbocycles. The Morgan fingerprint density at radius 2 is 2.20 bits per heavy atom. The molecule has 0 heterocycles. The zero-order valence-corrected chi connectivity index (χ0v) is 6.14. The average Bonchev–Trinajstić information content (AvgIpc) is 2.37. The zero-order chi connectivity index (χ0) is 7.40. The minimum atomic E-state index is 1.01. The molecule has 0 amide bonds. The number of allylic oxidation sites excluding steroid dienone is 6. The maximum Gasteiger partial charge on any atom is -0.00611 e. The fourth-order valence-electron chi connectivity index (χ4n) is 1.07. The topological polar surface area (TPSA) is 0 Å². The molecule has 52 valence electrons. The summed E-state index contributed by atoms with van der Waals surface area (Å²) >= 11 is 0. The molecule has 0 unspecified atom stereocenters. The van der Waals surface area contributed by atoms with Crippen molar-refractivity contribution in [3.05, 3.63) is 48.6 Å². The van der Waals surface area contributed by atoms with Gasteiger partial charge in [0.15, 0.2) is 0 Å². The van der Waals surface area contributed by atoms with Gasteiger partial charge in [-0.3, -0.25) is 0 Å². The van der Waals surface area contributed by atoms with E-state index in [2.05, 4.69) is 25.3 Å². The highest BCUT2D eigenvalue weighted by atomic mass is 14.1. The summed E-state index contributed by atoms with van der Waals surface area (Å²) in [6, 6.07) is 0. The SMILES string of the molecule is C=CCC1=CC=C(C=C)C1. The van der Waals surface area contributed by atoms with Crippen LogP contribution in [0, 0.1) is 0 Å². The van der Waals surface area contributed by atoms with Crippen LogP contribution >= 0.6 is 0 Å². The smallest absolute Gasteiger partial charge is 0.00611 e. The third-order valence-corrected chi connectivity index (χ3v) is 1.63. The molecule has 0 saturated heterocycles. The minimum Gasteiger partial charge on any atom is -0.103 e. The lowest BCUT2D eigenvalue weighted by atomic mass is 10.1. The van der Waals surface area contributed by atoms with Crippen molar-refractivity contribution in [1.29, 1.82) is 0 Å². The first-order valence-electron chi connectivity index (χ1n) is 3.48. The highest BCUT2D eigenvalue weighted by Gasteiger charge is 2.02. The van der Waals surface area contributed by atoms with E-state index in [-0.39, 0.29) is 0 Å². The standard InChI is InChI=1S/C10H12/c1-3-5-10-7-6-9(4-2)8-10/h3-4,6-7H,1-2,5,8H2. The van der Waals surface area contributed by atoms with Gasteiger partial charge in [-0.05, 0) is 18.4 Å². The van der Waals surface area contributed by atoms with Crippen LogP contribution in [-0.4, -0.2) is 0 Å². The molecule has 0 bridgehead atoms. The van der Waals surface area contributed by atoms with E-state index in [0.29, 0.717) is 0 Å². The summed E-state index contributed by atoms with van der Waals surface area (Å²) < 4.78 is 0. The fraction of sp³-hybridized carbons (Fsp3) is 0.200. The third-order valence-electron chi connectivity index (χ3n) is 1.63. The Kier molecular flexibility index (Phi) is 2.27. The van der Waals surface area contributed by atoms with Crippen LogP contribution in [0.4, 0.5) is 0 Å². The first-order chi connectivity index (χ1) is 4.86. The molecule has 0 spiro atoms. The first kappa shape index (κ1) is 7.07. The van der Waals surface area contributed by atoms with Gasteiger partial charge in [-0.1, -0.05) is 36.5 Å². The Morgan fingerprint density at radius 1 is 1.40 bits per heavy atom. The third kappa shape index (κ3) is 1.47. The highest BCUT2D eigenvalue weighted by molar-refractivity contribution is 5.36. The largest absolute Gasteiger partial charge is 0.103 e. The second-order valence-electron chi connectivity index (χ2n) is 2.44. The molecule has 1 rings (SSSR count). The predicted octanol–water partition coefficient (Wildman–Crippen LogP) is 3.01. The monoisotopic (exact) mass is 132 g/mol. The molecule has 0 aromatic rings. The van der Waals surface area contributed by atoms with Gasteiger partial charge in [0.2, 0.25) is 0 Å². The van der Waals surface area contributed by atoms with E-state index in [1.165, 1.54) is 11.1 Å². The van der Waals surface area contributed by atoms with Gasteiger partial charge in [-0.2, -0.15) is 0 Å². The molecule has 0 atom stereocenters. The second kappa shape index (κ2) is 3.21. The van der Waals surface area contributed by atoms with Crippen LogP contribution in [0.25, 0.3) is 0 Å². The van der Waals surface area contributed by atoms with Gasteiger partial charge in [0, 0.05) is 0 Å². The molecule has 0 heteroatoms. The minimum absolute atomic E-state index is 1.01. The van der Waals surface area contributed by atoms with Crippen LogP contribution < -0.4 is 0 Å². The van der Waals surface area contributed by atoms with Crippen LogP contribution in [0.15, 0.2) is 48.6 Å². The van der Waals surface area contributed by atoms with Crippen LogP contribution in [0.5, 0.6) is 0 Å². The van der Waals surface area contributed by atoms with Crippen molar-refractivity contribution < 1.29 is 0 Å². The van der Waals surface area contributed by atoms with E-state index >= 15 is 0 Å². The molecular weight excluding hydrogens is 120 g/mol. The van der Waals surface area contributed by atoms with Crippen LogP contribution in [0.3, 0.4) is 0 Å². The molecule has 0 radical (unpaired) electrons. The van der Waals surface area contributed by atoms with Crippen LogP contribution in [-0.2, 0) is 0 Å². The first-order valence-corrected chi connectivity index (χ1v) is 3.48. The summed E-state index contributed by atoms with van der Waals surface area (Å²) in [4.78, 5) is 0. The molecule has 0 aliphatic heterocycles. The molecule has 0 N–H and O–H groups in total. The maximum absolute atomic E-state index is 3.71. The fourth-order valence-corrected chi connectivity index (χ4v) is 1.07. The maximum atomic E-state index is 3.71. The van der Waals surface area contributed by atoms with E-state index in [1.807, 2.05) is 12.2 Å². The van der Waals surface area contributed by atoms with E-state index in [1.54, 1.807) is 0 Å². The van der Waals surface area contributed by atoms with Gasteiger partial charge in [-0.15, -0.1) is 6.58 Å². The number of rotatable bonds is 3. The number of hydrogen-bond acceptors (Lipinski definition) is 0. The second-order valence-corrected chi connectivity index (χ2v) is 2.44. The van der Waals surface area contributed by atoms with Crippen molar-refractivity contribution in [3.8, 4) is 0 Å². The molecule has 10 heavy (non-hydrogen) atoms. The molecule has 0 nitrogen and oxygen atoms in total. The molecule has 1 aliphatic carbocycles. The van der Waals surface area contributed by atoms with Gasteiger partial charge < -0.3 is 0 Å². The summed E-state index contributed by atoms with van der Waals surface area (Å²) in [5.41, 5.74) is 2.75. The molecule has 0 aromatic carbocycles. The van der Waals surface area contributed by atoms with Crippen LogP contribution in [0.1, 0.15) is 12.8 Å². The lowest BCUT2D eigenvalue weighted by Gasteiger charge is -1.95. The van der Waals surface area contributed by atoms with E-state index in [4.69, 9.17) is 0 Å². The van der Waals surface area contributed by atoms with Crippen molar-refractivity contribution in [2.24, 2.45) is 0 Å². The van der Waals surface area contributed by atoms with Gasteiger partial charge in [-0.25, -0.2) is 0 Å². The Balaban J connectivity index is 2.47. The van der Waals surface area contributed by atoms with E-state index in [9.17, 15) is 0 Å². The van der Waals surface area contributed by atoms with Crippen LogP contribution in [0.2, 0.25) is 0 Å². The Morgan fingerprint density at radius 3 is 2.70 bits per heavy atom. The van der Waals surface area contributed by atoms with Crippen molar-refractivity contribution in [2.75, 3.05) is 0 Å². The average molecular weight is 132 g/mol. The van der Waals surface area contributed by atoms with Crippen molar-refractivity contribution in [2.45, 2.75) is 12.8 Å². The van der Waals surface area contributed by atoms with Gasteiger partial charge in [0.1, 0.15) is 0 Å². The summed E-state index contributed by atoms with van der Waals surface area (Å²) in [5, 5.41) is 0. The normalized spacial score (nSPS) is 16.0. The Hall–Kier alpha value is -1.04. The Bertz CT molecular complexity index is 204. The summed E-state index contributed by atoms with van der Waals surface area (Å²) in [7, 11) is 0. The van der Waals surface area contributed by atoms with Gasteiger partial charge >= 0.3 is 0 Å². The summed E-state index contributed by atoms with van der Waals surface area (Å²) in [5.74, 6) is 0. The quantitative estimate of drug-likeness (QED) is 0.518. The number of hydrogen-bond donors (Lipinski definition) is 0. The van der Waals surface area contributed by atoms with Gasteiger partial charge in [0.25, 0.3) is 0 Å². The van der Waals surface area contributed by atoms with Crippen molar-refractivity contribution >= 4 is 0 Å². The Labute approximate surface area is 62.3 Å². The van der Waals surface area contributed by atoms with E-state index in [0.717, 1.165) is 12.8 Å². The van der Waals surface area contributed by atoms with Crippen molar-refractivity contribution in [1.82, 2.24) is 0 Å². The molecule has 0 fully saturated rings. The summed E-state index contributed by atoms with van der Waals surface area (Å²) in [6.45, 7) is 7.40. The van der Waals surface area contributed by atoms with E-state index < -0.39 is 0 Å². The lowest BCUT2D eigenvalue weighted by molar-refractivity contribution is 1.11. The highest BCUT2D eigenvalue weighted by Crippen LogP contribution is 2.21. The summed E-state index contributed by atoms with van der Waals surface area (Å²) in [6.07, 6.45) is 10.2. The van der Waals surface area contributed by atoms with Gasteiger partial charge in [0.05, 0.1) is 0 Å². The molecule has 0 aromatic heterocycles. The predicted molar refractivity (Wildman–Crippen MR) is 45.8 cm³/mol. The zero-order valence-electron chi connectivity index (χ0n) is 6.14. The molecule has 1 aliphatic rings. The lowest BCUT2D eigenvalue weighted by Crippen LogP contribution is -1.76.